The third-order valence-electron chi connectivity index (χ3n) is 3.72. The Morgan fingerprint density at radius 3 is 2.23 bits per heavy atom. The second kappa shape index (κ2) is 7.40. The average Bonchev–Trinajstić information content (AvgIpc) is 2.48. The van der Waals surface area contributed by atoms with E-state index in [1.54, 1.807) is 37.3 Å². The molecule has 0 aliphatic heterocycles. The Labute approximate surface area is 130 Å². The van der Waals surface area contributed by atoms with Gasteiger partial charge >= 0.3 is 5.97 Å². The van der Waals surface area contributed by atoms with Crippen LogP contribution in [0.5, 0.6) is 0 Å². The van der Waals surface area contributed by atoms with Crippen LogP contribution in [-0.4, -0.2) is 43.5 Å². The molecular weight excluding hydrogens is 306 g/mol. The molecule has 0 aliphatic carbocycles. The first-order valence-electron chi connectivity index (χ1n) is 7.03. The van der Waals surface area contributed by atoms with Crippen LogP contribution >= 0.6 is 0 Å². The Kier molecular flexibility index (Phi) is 6.11. The van der Waals surface area contributed by atoms with Crippen LogP contribution in [0.1, 0.15) is 25.8 Å². The van der Waals surface area contributed by atoms with Crippen molar-refractivity contribution < 1.29 is 23.1 Å². The van der Waals surface area contributed by atoms with Crippen molar-refractivity contribution in [3.8, 4) is 0 Å². The van der Waals surface area contributed by atoms with Gasteiger partial charge in [-0.25, -0.2) is 8.42 Å². The van der Waals surface area contributed by atoms with E-state index in [1.807, 2.05) is 0 Å². The Morgan fingerprint density at radius 1 is 1.18 bits per heavy atom. The molecule has 0 fully saturated rings. The highest BCUT2D eigenvalue weighted by Crippen LogP contribution is 2.27. The number of hydrogen-bond donors (Lipinski definition) is 2. The van der Waals surface area contributed by atoms with Crippen molar-refractivity contribution in [1.29, 1.82) is 0 Å². The summed E-state index contributed by atoms with van der Waals surface area (Å²) in [5.74, 6) is -2.49. The molecule has 22 heavy (non-hydrogen) atoms. The standard InChI is InChI=1S/C15H21NO5S/c1-3-15(14(18)19,12-8-6-5-7-9-12)11-16-13(17)10-22(20,21)4-2/h5-9H,3-4,10-11H2,1-2H3,(H,16,17)(H,18,19). The van der Waals surface area contributed by atoms with Gasteiger partial charge in [0.15, 0.2) is 9.84 Å². The van der Waals surface area contributed by atoms with Gasteiger partial charge in [0.1, 0.15) is 11.2 Å². The number of carbonyl (C=O) groups excluding carboxylic acids is 1. The minimum absolute atomic E-state index is 0.128. The Balaban J connectivity index is 2.93. The van der Waals surface area contributed by atoms with Crippen LogP contribution in [0, 0.1) is 0 Å². The molecule has 1 rings (SSSR count). The van der Waals surface area contributed by atoms with Crippen molar-refractivity contribution in [2.24, 2.45) is 0 Å². The lowest BCUT2D eigenvalue weighted by Gasteiger charge is -2.29. The maximum Gasteiger partial charge on any atom is 0.315 e. The Morgan fingerprint density at radius 2 is 1.77 bits per heavy atom. The van der Waals surface area contributed by atoms with E-state index in [0.717, 1.165) is 0 Å². The molecule has 1 aromatic rings. The quantitative estimate of drug-likeness (QED) is 0.741. The largest absolute Gasteiger partial charge is 0.481 e. The Hall–Kier alpha value is -1.89. The van der Waals surface area contributed by atoms with Crippen molar-refractivity contribution in [3.63, 3.8) is 0 Å². The number of carbonyl (C=O) groups is 2. The molecule has 0 bridgehead atoms. The van der Waals surface area contributed by atoms with Crippen LogP contribution in [0.15, 0.2) is 30.3 Å². The fraction of sp³-hybridized carbons (Fsp3) is 0.467. The summed E-state index contributed by atoms with van der Waals surface area (Å²) in [5, 5.41) is 12.0. The van der Waals surface area contributed by atoms with Crippen LogP contribution in [0.25, 0.3) is 0 Å². The van der Waals surface area contributed by atoms with Crippen molar-refractivity contribution in [2.75, 3.05) is 18.1 Å². The van der Waals surface area contributed by atoms with Gasteiger partial charge in [0, 0.05) is 12.3 Å². The minimum atomic E-state index is -3.44. The molecule has 0 aliphatic rings. The molecule has 0 saturated heterocycles. The number of hydrogen-bond acceptors (Lipinski definition) is 4. The summed E-state index contributed by atoms with van der Waals surface area (Å²) in [6.07, 6.45) is 0.271. The van der Waals surface area contributed by atoms with E-state index in [1.165, 1.54) is 6.92 Å². The fourth-order valence-corrected chi connectivity index (χ4v) is 2.85. The summed E-state index contributed by atoms with van der Waals surface area (Å²) < 4.78 is 22.9. The van der Waals surface area contributed by atoms with E-state index in [0.29, 0.717) is 5.56 Å². The molecule has 122 valence electrons. The molecule has 6 nitrogen and oxygen atoms in total. The Bertz CT molecular complexity index is 627. The molecular formula is C15H21NO5S. The lowest BCUT2D eigenvalue weighted by Crippen LogP contribution is -2.47. The summed E-state index contributed by atoms with van der Waals surface area (Å²) in [6, 6.07) is 8.61. The maximum atomic E-state index is 11.8. The van der Waals surface area contributed by atoms with Crippen LogP contribution in [0.3, 0.4) is 0 Å². The van der Waals surface area contributed by atoms with Gasteiger partial charge in [-0.05, 0) is 12.0 Å². The second-order valence-electron chi connectivity index (χ2n) is 5.06. The van der Waals surface area contributed by atoms with Crippen LogP contribution in [-0.2, 0) is 24.8 Å². The average molecular weight is 327 g/mol. The monoisotopic (exact) mass is 327 g/mol. The number of carboxylic acid groups (broad SMARTS) is 1. The molecule has 2 N–H and O–H groups in total. The topological polar surface area (TPSA) is 101 Å². The highest BCUT2D eigenvalue weighted by molar-refractivity contribution is 7.92. The smallest absolute Gasteiger partial charge is 0.315 e. The van der Waals surface area contributed by atoms with Crippen molar-refractivity contribution >= 4 is 21.7 Å². The van der Waals surface area contributed by atoms with Gasteiger partial charge in [-0.3, -0.25) is 9.59 Å². The molecule has 0 heterocycles. The van der Waals surface area contributed by atoms with E-state index in [9.17, 15) is 23.1 Å². The molecule has 1 aromatic carbocycles. The van der Waals surface area contributed by atoms with Crippen LogP contribution < -0.4 is 5.32 Å². The summed E-state index contributed by atoms with van der Waals surface area (Å²) >= 11 is 0. The molecule has 1 amide bonds. The van der Waals surface area contributed by atoms with Gasteiger partial charge in [-0.2, -0.15) is 0 Å². The number of carboxylic acids is 1. The zero-order valence-electron chi connectivity index (χ0n) is 12.7. The number of aliphatic carboxylic acids is 1. The van der Waals surface area contributed by atoms with E-state index in [-0.39, 0.29) is 18.7 Å². The van der Waals surface area contributed by atoms with Gasteiger partial charge < -0.3 is 10.4 Å². The van der Waals surface area contributed by atoms with Gasteiger partial charge in [0.05, 0.1) is 0 Å². The predicted molar refractivity (Wildman–Crippen MR) is 83.4 cm³/mol. The molecule has 0 saturated carbocycles. The fourth-order valence-electron chi connectivity index (χ4n) is 2.14. The third-order valence-corrected chi connectivity index (χ3v) is 5.30. The second-order valence-corrected chi connectivity index (χ2v) is 7.41. The van der Waals surface area contributed by atoms with Gasteiger partial charge in [0.25, 0.3) is 0 Å². The normalized spacial score (nSPS) is 14.1. The number of nitrogens with one attached hydrogen (secondary N) is 1. The third kappa shape index (κ3) is 4.30. The van der Waals surface area contributed by atoms with Crippen LogP contribution in [0.2, 0.25) is 0 Å². The lowest BCUT2D eigenvalue weighted by molar-refractivity contribution is -0.144. The lowest BCUT2D eigenvalue weighted by atomic mass is 9.78. The summed E-state index contributed by atoms with van der Waals surface area (Å²) in [6.45, 7) is 3.02. The van der Waals surface area contributed by atoms with E-state index >= 15 is 0 Å². The SMILES string of the molecule is CCC(CNC(=O)CS(=O)(=O)CC)(C(=O)O)c1ccccc1. The maximum absolute atomic E-state index is 11.8. The number of benzene rings is 1. The molecule has 0 spiro atoms. The first-order chi connectivity index (χ1) is 10.3. The minimum Gasteiger partial charge on any atom is -0.481 e. The highest BCUT2D eigenvalue weighted by Gasteiger charge is 2.39. The van der Waals surface area contributed by atoms with Crippen molar-refractivity contribution in [1.82, 2.24) is 5.32 Å². The number of rotatable bonds is 8. The van der Waals surface area contributed by atoms with E-state index < -0.39 is 32.9 Å². The molecule has 1 atom stereocenters. The predicted octanol–water partition coefficient (Wildman–Crippen LogP) is 0.970. The zero-order valence-corrected chi connectivity index (χ0v) is 13.5. The first kappa shape index (κ1) is 18.2. The molecule has 1 unspecified atom stereocenters. The molecule has 0 radical (unpaired) electrons. The van der Waals surface area contributed by atoms with Crippen molar-refractivity contribution in [3.05, 3.63) is 35.9 Å². The van der Waals surface area contributed by atoms with E-state index in [2.05, 4.69) is 5.32 Å². The number of sulfone groups is 1. The summed E-state index contributed by atoms with van der Waals surface area (Å²) in [4.78, 5) is 23.5. The molecule has 7 heteroatoms. The summed E-state index contributed by atoms with van der Waals surface area (Å²) in [7, 11) is -3.44. The van der Waals surface area contributed by atoms with Crippen LogP contribution in [0.4, 0.5) is 0 Å². The van der Waals surface area contributed by atoms with E-state index in [4.69, 9.17) is 0 Å². The number of amides is 1. The van der Waals surface area contributed by atoms with Crippen molar-refractivity contribution in [2.45, 2.75) is 25.7 Å². The molecule has 0 aromatic heterocycles. The van der Waals surface area contributed by atoms with Gasteiger partial charge in [0.2, 0.25) is 5.91 Å². The zero-order chi connectivity index (χ0) is 16.8. The van der Waals surface area contributed by atoms with Gasteiger partial charge in [-0.1, -0.05) is 44.2 Å². The summed E-state index contributed by atoms with van der Waals surface area (Å²) in [5.41, 5.74) is -0.698. The first-order valence-corrected chi connectivity index (χ1v) is 8.85. The van der Waals surface area contributed by atoms with Gasteiger partial charge in [-0.15, -0.1) is 0 Å². The highest BCUT2D eigenvalue weighted by atomic mass is 32.2.